The van der Waals surface area contributed by atoms with Crippen LogP contribution < -0.4 is 4.90 Å². The Kier molecular flexibility index (Phi) is 4.94. The van der Waals surface area contributed by atoms with Gasteiger partial charge in [-0.05, 0) is 31.2 Å². The number of rotatable bonds is 3. The minimum Gasteiger partial charge on any atom is -0.351 e. The zero-order chi connectivity index (χ0) is 20.7. The van der Waals surface area contributed by atoms with Crippen molar-refractivity contribution < 1.29 is 9.18 Å². The van der Waals surface area contributed by atoms with Gasteiger partial charge in [-0.3, -0.25) is 9.48 Å². The number of aryl methyl sites for hydroxylation is 2. The average molecular weight is 396 g/mol. The maximum atomic E-state index is 13.1. The smallest absolute Gasteiger partial charge is 0.253 e. The summed E-state index contributed by atoms with van der Waals surface area (Å²) in [5, 5.41) is 4.53. The number of hydrogen-bond donors (Lipinski definition) is 0. The van der Waals surface area contributed by atoms with Gasteiger partial charge in [0.1, 0.15) is 22.7 Å². The Bertz CT molecular complexity index is 1050. The predicted octanol–water partition coefficient (Wildman–Crippen LogP) is 2.90. The lowest BCUT2D eigenvalue weighted by Crippen LogP contribution is -2.49. The zero-order valence-corrected chi connectivity index (χ0v) is 17.2. The fourth-order valence-electron chi connectivity index (χ4n) is 3.71. The second-order valence-electron chi connectivity index (χ2n) is 7.75. The van der Waals surface area contributed by atoms with Gasteiger partial charge in [0.25, 0.3) is 5.91 Å². The van der Waals surface area contributed by atoms with E-state index < -0.39 is 0 Å². The molecule has 0 spiro atoms. The standard InChI is InChI=1S/C21H25FN6O/c1-13(2)19-23-17-14(3)25-26(4)18(17)20(24-19)27-9-11-28(12-10-27)21(29)15-5-7-16(22)8-6-15/h5-8,13H,9-12H2,1-4H3. The van der Waals surface area contributed by atoms with Crippen molar-refractivity contribution in [3.8, 4) is 0 Å². The van der Waals surface area contributed by atoms with Crippen LogP contribution in [0.4, 0.5) is 10.2 Å². The molecular formula is C21H25FN6O. The number of benzene rings is 1. The molecule has 3 heterocycles. The molecule has 0 N–H and O–H groups in total. The SMILES string of the molecule is Cc1nn(C)c2c(N3CCN(C(=O)c4ccc(F)cc4)CC3)nc(C(C)C)nc12. The molecule has 4 rings (SSSR count). The number of aromatic nitrogens is 4. The normalized spacial score (nSPS) is 14.8. The van der Waals surface area contributed by atoms with Crippen LogP contribution in [0.15, 0.2) is 24.3 Å². The first kappa shape index (κ1) is 19.3. The van der Waals surface area contributed by atoms with Gasteiger partial charge in [-0.15, -0.1) is 0 Å². The number of carbonyl (C=O) groups is 1. The molecule has 29 heavy (non-hydrogen) atoms. The van der Waals surface area contributed by atoms with Gasteiger partial charge < -0.3 is 9.80 Å². The number of nitrogens with zero attached hydrogens (tertiary/aromatic N) is 6. The van der Waals surface area contributed by atoms with E-state index >= 15 is 0 Å². The van der Waals surface area contributed by atoms with Crippen LogP contribution in [-0.4, -0.2) is 56.7 Å². The molecule has 0 aliphatic carbocycles. The van der Waals surface area contributed by atoms with Gasteiger partial charge in [0.15, 0.2) is 5.82 Å². The molecule has 0 saturated carbocycles. The Hall–Kier alpha value is -3.03. The van der Waals surface area contributed by atoms with Gasteiger partial charge >= 0.3 is 0 Å². The lowest BCUT2D eigenvalue weighted by atomic mass is 10.1. The molecule has 152 valence electrons. The molecule has 8 heteroatoms. The number of anilines is 1. The van der Waals surface area contributed by atoms with E-state index in [1.165, 1.54) is 24.3 Å². The third-order valence-electron chi connectivity index (χ3n) is 5.32. The molecule has 2 aromatic heterocycles. The first-order valence-electron chi connectivity index (χ1n) is 9.86. The topological polar surface area (TPSA) is 67.2 Å². The summed E-state index contributed by atoms with van der Waals surface area (Å²) in [5.41, 5.74) is 3.20. The molecular weight excluding hydrogens is 371 g/mol. The molecule has 7 nitrogen and oxygen atoms in total. The Morgan fingerprint density at radius 2 is 1.72 bits per heavy atom. The number of carbonyl (C=O) groups excluding carboxylic acids is 1. The number of halogens is 1. The molecule has 0 atom stereocenters. The first-order valence-corrected chi connectivity index (χ1v) is 9.86. The van der Waals surface area contributed by atoms with E-state index in [9.17, 15) is 9.18 Å². The van der Waals surface area contributed by atoms with Crippen molar-refractivity contribution in [1.82, 2.24) is 24.6 Å². The average Bonchev–Trinajstić information content (AvgIpc) is 3.01. The summed E-state index contributed by atoms with van der Waals surface area (Å²) < 4.78 is 15.0. The van der Waals surface area contributed by atoms with Crippen molar-refractivity contribution in [3.05, 3.63) is 47.2 Å². The van der Waals surface area contributed by atoms with E-state index in [0.29, 0.717) is 31.7 Å². The summed E-state index contributed by atoms with van der Waals surface area (Å²) in [7, 11) is 1.91. The van der Waals surface area contributed by atoms with Crippen molar-refractivity contribution in [2.75, 3.05) is 31.1 Å². The molecule has 1 saturated heterocycles. The summed E-state index contributed by atoms with van der Waals surface area (Å²) in [4.78, 5) is 26.3. The van der Waals surface area contributed by atoms with Gasteiger partial charge in [-0.2, -0.15) is 5.10 Å². The maximum absolute atomic E-state index is 13.1. The summed E-state index contributed by atoms with van der Waals surface area (Å²) in [6.45, 7) is 8.61. The first-order chi connectivity index (χ1) is 13.8. The van der Waals surface area contributed by atoms with E-state index in [2.05, 4.69) is 23.8 Å². The molecule has 0 radical (unpaired) electrons. The second-order valence-corrected chi connectivity index (χ2v) is 7.75. The van der Waals surface area contributed by atoms with Gasteiger partial charge in [0, 0.05) is 44.7 Å². The molecule has 1 aliphatic heterocycles. The number of hydrogen-bond acceptors (Lipinski definition) is 5. The summed E-state index contributed by atoms with van der Waals surface area (Å²) in [6.07, 6.45) is 0. The highest BCUT2D eigenvalue weighted by molar-refractivity contribution is 5.94. The summed E-state index contributed by atoms with van der Waals surface area (Å²) >= 11 is 0. The van der Waals surface area contributed by atoms with Gasteiger partial charge in [-0.1, -0.05) is 13.8 Å². The monoisotopic (exact) mass is 396 g/mol. The van der Waals surface area contributed by atoms with Crippen LogP contribution in [0.1, 0.15) is 41.6 Å². The molecule has 3 aromatic rings. The minimum atomic E-state index is -0.341. The Balaban J connectivity index is 1.59. The second kappa shape index (κ2) is 7.42. The fraction of sp³-hybridized carbons (Fsp3) is 0.429. The van der Waals surface area contributed by atoms with Crippen molar-refractivity contribution in [2.24, 2.45) is 7.05 Å². The van der Waals surface area contributed by atoms with Gasteiger partial charge in [-0.25, -0.2) is 14.4 Å². The van der Waals surface area contributed by atoms with Crippen LogP contribution in [0.2, 0.25) is 0 Å². The van der Waals surface area contributed by atoms with Crippen LogP contribution in [0.5, 0.6) is 0 Å². The summed E-state index contributed by atoms with van der Waals surface area (Å²) in [5.74, 6) is 1.46. The van der Waals surface area contributed by atoms with Crippen molar-refractivity contribution in [1.29, 1.82) is 0 Å². The minimum absolute atomic E-state index is 0.0725. The van der Waals surface area contributed by atoms with Crippen LogP contribution in [-0.2, 0) is 7.05 Å². The highest BCUT2D eigenvalue weighted by Gasteiger charge is 2.26. The van der Waals surface area contributed by atoms with Crippen LogP contribution in [0.3, 0.4) is 0 Å². The van der Waals surface area contributed by atoms with Crippen molar-refractivity contribution >= 4 is 22.8 Å². The van der Waals surface area contributed by atoms with E-state index in [4.69, 9.17) is 9.97 Å². The molecule has 1 aromatic carbocycles. The third kappa shape index (κ3) is 3.54. The van der Waals surface area contributed by atoms with E-state index in [-0.39, 0.29) is 17.6 Å². The van der Waals surface area contributed by atoms with E-state index in [1.54, 1.807) is 4.90 Å². The van der Waals surface area contributed by atoms with E-state index in [0.717, 1.165) is 28.4 Å². The lowest BCUT2D eigenvalue weighted by molar-refractivity contribution is 0.0746. The molecule has 1 aliphatic rings. The highest BCUT2D eigenvalue weighted by atomic mass is 19.1. The third-order valence-corrected chi connectivity index (χ3v) is 5.32. The number of fused-ring (bicyclic) bond motifs is 1. The Morgan fingerprint density at radius 3 is 2.34 bits per heavy atom. The van der Waals surface area contributed by atoms with E-state index in [1.807, 2.05) is 18.7 Å². The van der Waals surface area contributed by atoms with Crippen molar-refractivity contribution in [2.45, 2.75) is 26.7 Å². The molecule has 1 fully saturated rings. The fourth-order valence-corrected chi connectivity index (χ4v) is 3.71. The Morgan fingerprint density at radius 1 is 1.07 bits per heavy atom. The van der Waals surface area contributed by atoms with Gasteiger partial charge in [0.05, 0.1) is 5.69 Å². The predicted molar refractivity (Wildman–Crippen MR) is 110 cm³/mol. The summed E-state index contributed by atoms with van der Waals surface area (Å²) in [6, 6.07) is 5.70. The number of piperazine rings is 1. The van der Waals surface area contributed by atoms with Crippen LogP contribution in [0, 0.1) is 12.7 Å². The zero-order valence-electron chi connectivity index (χ0n) is 17.2. The number of amides is 1. The van der Waals surface area contributed by atoms with Crippen LogP contribution in [0.25, 0.3) is 11.0 Å². The highest BCUT2D eigenvalue weighted by Crippen LogP contribution is 2.28. The Labute approximate surface area is 169 Å². The lowest BCUT2D eigenvalue weighted by Gasteiger charge is -2.35. The van der Waals surface area contributed by atoms with Crippen LogP contribution >= 0.6 is 0 Å². The van der Waals surface area contributed by atoms with Gasteiger partial charge in [0.2, 0.25) is 0 Å². The molecule has 0 bridgehead atoms. The quantitative estimate of drug-likeness (QED) is 0.681. The molecule has 0 unspecified atom stereocenters. The maximum Gasteiger partial charge on any atom is 0.253 e. The molecule has 1 amide bonds. The largest absolute Gasteiger partial charge is 0.351 e. The van der Waals surface area contributed by atoms with Crippen molar-refractivity contribution in [3.63, 3.8) is 0 Å².